The van der Waals surface area contributed by atoms with Crippen LogP contribution < -0.4 is 0 Å². The third-order valence-corrected chi connectivity index (χ3v) is 3.22. The van der Waals surface area contributed by atoms with Gasteiger partial charge in [0.1, 0.15) is 0 Å². The van der Waals surface area contributed by atoms with Gasteiger partial charge >= 0.3 is 0 Å². The summed E-state index contributed by atoms with van der Waals surface area (Å²) in [7, 11) is 0. The second kappa shape index (κ2) is 5.94. The van der Waals surface area contributed by atoms with Gasteiger partial charge in [-0.15, -0.1) is 0 Å². The number of morpholine rings is 1. The van der Waals surface area contributed by atoms with Crippen molar-refractivity contribution in [3.63, 3.8) is 0 Å². The van der Waals surface area contributed by atoms with Gasteiger partial charge in [-0.25, -0.2) is 0 Å². The van der Waals surface area contributed by atoms with E-state index in [1.54, 1.807) is 23.1 Å². The van der Waals surface area contributed by atoms with Crippen LogP contribution in [0.4, 0.5) is 8.78 Å². The lowest BCUT2D eigenvalue weighted by molar-refractivity contribution is -0.122. The van der Waals surface area contributed by atoms with Gasteiger partial charge in [0.25, 0.3) is 5.92 Å². The molecule has 0 aromatic heterocycles. The van der Waals surface area contributed by atoms with Gasteiger partial charge in [0, 0.05) is 18.7 Å². The van der Waals surface area contributed by atoms with E-state index in [4.69, 9.17) is 9.84 Å². The number of rotatable bonds is 4. The molecule has 0 spiro atoms. The van der Waals surface area contributed by atoms with Gasteiger partial charge in [0.05, 0.1) is 25.4 Å². The third kappa shape index (κ3) is 3.72. The number of aliphatic hydroxyl groups is 1. The minimum Gasteiger partial charge on any atom is -0.394 e. The Labute approximate surface area is 111 Å². The maximum Gasteiger partial charge on any atom is 0.285 e. The molecule has 5 heteroatoms. The van der Waals surface area contributed by atoms with Crippen LogP contribution in [0.25, 0.3) is 0 Å². The Bertz CT molecular complexity index is 400. The molecule has 0 aliphatic carbocycles. The molecule has 1 aliphatic rings. The number of alkyl halides is 2. The summed E-state index contributed by atoms with van der Waals surface area (Å²) < 4.78 is 33.8. The Morgan fingerprint density at radius 3 is 2.63 bits per heavy atom. The van der Waals surface area contributed by atoms with Crippen molar-refractivity contribution < 1.29 is 18.6 Å². The van der Waals surface area contributed by atoms with E-state index in [0.717, 1.165) is 0 Å². The van der Waals surface area contributed by atoms with E-state index in [1.807, 2.05) is 6.92 Å². The molecule has 1 aromatic carbocycles. The molecule has 0 saturated carbocycles. The zero-order chi connectivity index (χ0) is 13.9. The van der Waals surface area contributed by atoms with Crippen LogP contribution in [0.2, 0.25) is 0 Å². The van der Waals surface area contributed by atoms with Crippen molar-refractivity contribution in [2.24, 2.45) is 0 Å². The van der Waals surface area contributed by atoms with Crippen LogP contribution in [0.1, 0.15) is 12.5 Å². The van der Waals surface area contributed by atoms with Crippen LogP contribution >= 0.6 is 0 Å². The van der Waals surface area contributed by atoms with Crippen molar-refractivity contribution in [1.29, 1.82) is 0 Å². The maximum atomic E-state index is 14.2. The SMILES string of the molecule is CC1CN(CC(F)(F)c2ccccc2)CC(CO)O1. The van der Waals surface area contributed by atoms with E-state index in [1.165, 1.54) is 12.1 Å². The quantitative estimate of drug-likeness (QED) is 0.907. The Kier molecular flexibility index (Phi) is 4.50. The van der Waals surface area contributed by atoms with Gasteiger partial charge < -0.3 is 9.84 Å². The number of halogens is 2. The molecule has 106 valence electrons. The minimum atomic E-state index is -2.89. The van der Waals surface area contributed by atoms with Crippen LogP contribution in [0.15, 0.2) is 30.3 Å². The Balaban J connectivity index is 2.03. The van der Waals surface area contributed by atoms with Gasteiger partial charge in [-0.3, -0.25) is 4.90 Å². The lowest BCUT2D eigenvalue weighted by Gasteiger charge is -2.37. The zero-order valence-corrected chi connectivity index (χ0v) is 10.9. The van der Waals surface area contributed by atoms with E-state index in [-0.39, 0.29) is 30.9 Å². The number of ether oxygens (including phenoxy) is 1. The molecule has 19 heavy (non-hydrogen) atoms. The third-order valence-electron chi connectivity index (χ3n) is 3.22. The molecular weight excluding hydrogens is 252 g/mol. The van der Waals surface area contributed by atoms with Gasteiger partial charge in [0.2, 0.25) is 0 Å². The van der Waals surface area contributed by atoms with Crippen LogP contribution in [-0.2, 0) is 10.7 Å². The summed E-state index contributed by atoms with van der Waals surface area (Å²) in [6.45, 7) is 2.14. The predicted molar refractivity (Wildman–Crippen MR) is 68.2 cm³/mol. The van der Waals surface area contributed by atoms with Gasteiger partial charge in [-0.05, 0) is 6.92 Å². The van der Waals surface area contributed by atoms with Crippen molar-refractivity contribution in [2.45, 2.75) is 25.1 Å². The topological polar surface area (TPSA) is 32.7 Å². The van der Waals surface area contributed by atoms with E-state index >= 15 is 0 Å². The second-order valence-corrected chi connectivity index (χ2v) is 5.02. The summed E-state index contributed by atoms with van der Waals surface area (Å²) in [6, 6.07) is 7.82. The van der Waals surface area contributed by atoms with E-state index < -0.39 is 5.92 Å². The fourth-order valence-corrected chi connectivity index (χ4v) is 2.42. The Hall–Kier alpha value is -1.04. The van der Waals surface area contributed by atoms with E-state index in [0.29, 0.717) is 13.1 Å². The highest BCUT2D eigenvalue weighted by Gasteiger charge is 2.36. The highest BCUT2D eigenvalue weighted by molar-refractivity contribution is 5.20. The molecule has 2 unspecified atom stereocenters. The molecular formula is C14H19F2NO2. The predicted octanol–water partition coefficient (Wildman–Crippen LogP) is 1.86. The Morgan fingerprint density at radius 2 is 2.00 bits per heavy atom. The first kappa shape index (κ1) is 14.4. The summed E-state index contributed by atoms with van der Waals surface area (Å²) in [6.07, 6.45) is -0.521. The highest BCUT2D eigenvalue weighted by Crippen LogP contribution is 2.29. The van der Waals surface area contributed by atoms with Crippen LogP contribution in [0, 0.1) is 0 Å². The number of benzene rings is 1. The lowest BCUT2D eigenvalue weighted by Crippen LogP contribution is -2.50. The first-order valence-corrected chi connectivity index (χ1v) is 6.43. The smallest absolute Gasteiger partial charge is 0.285 e. The molecule has 1 fully saturated rings. The van der Waals surface area contributed by atoms with E-state index in [2.05, 4.69) is 0 Å². The van der Waals surface area contributed by atoms with Crippen molar-refractivity contribution in [3.8, 4) is 0 Å². The molecule has 1 aliphatic heterocycles. The van der Waals surface area contributed by atoms with Crippen molar-refractivity contribution in [3.05, 3.63) is 35.9 Å². The summed E-state index contributed by atoms with van der Waals surface area (Å²) in [5.41, 5.74) is 0.0229. The lowest BCUT2D eigenvalue weighted by atomic mass is 10.1. The Morgan fingerprint density at radius 1 is 1.32 bits per heavy atom. The van der Waals surface area contributed by atoms with E-state index in [9.17, 15) is 8.78 Å². The summed E-state index contributed by atoms with van der Waals surface area (Å²) in [4.78, 5) is 1.65. The normalized spacial score (nSPS) is 25.5. The van der Waals surface area contributed by atoms with Crippen LogP contribution in [0.3, 0.4) is 0 Å². The number of hydrogen-bond donors (Lipinski definition) is 1. The van der Waals surface area contributed by atoms with Crippen molar-refractivity contribution in [1.82, 2.24) is 4.90 Å². The molecule has 2 atom stereocenters. The molecule has 2 rings (SSSR count). The molecule has 0 bridgehead atoms. The largest absolute Gasteiger partial charge is 0.394 e. The maximum absolute atomic E-state index is 14.2. The summed E-state index contributed by atoms with van der Waals surface area (Å²) in [5.74, 6) is -2.89. The molecule has 0 amide bonds. The van der Waals surface area contributed by atoms with Crippen molar-refractivity contribution in [2.75, 3.05) is 26.2 Å². The standard InChI is InChI=1S/C14H19F2NO2/c1-11-7-17(8-13(9-18)19-11)10-14(15,16)12-5-3-2-4-6-12/h2-6,11,13,18H,7-10H2,1H3. The molecule has 1 heterocycles. The molecule has 0 radical (unpaired) electrons. The second-order valence-electron chi connectivity index (χ2n) is 5.02. The fourth-order valence-electron chi connectivity index (χ4n) is 2.42. The van der Waals surface area contributed by atoms with Crippen molar-refractivity contribution >= 4 is 0 Å². The number of nitrogens with zero attached hydrogens (tertiary/aromatic N) is 1. The monoisotopic (exact) mass is 271 g/mol. The summed E-state index contributed by atoms with van der Waals surface area (Å²) >= 11 is 0. The van der Waals surface area contributed by atoms with Gasteiger partial charge in [-0.1, -0.05) is 30.3 Å². The average Bonchev–Trinajstić information content (AvgIpc) is 2.38. The summed E-state index contributed by atoms with van der Waals surface area (Å²) in [5, 5.41) is 9.10. The molecule has 1 saturated heterocycles. The number of hydrogen-bond acceptors (Lipinski definition) is 3. The molecule has 3 nitrogen and oxygen atoms in total. The fraction of sp³-hybridized carbons (Fsp3) is 0.571. The molecule has 1 aromatic rings. The van der Waals surface area contributed by atoms with Crippen LogP contribution in [-0.4, -0.2) is 48.5 Å². The molecule has 1 N–H and O–H groups in total. The zero-order valence-electron chi connectivity index (χ0n) is 10.9. The highest BCUT2D eigenvalue weighted by atomic mass is 19.3. The minimum absolute atomic E-state index is 0.0229. The first-order valence-electron chi connectivity index (χ1n) is 6.43. The van der Waals surface area contributed by atoms with Crippen LogP contribution in [0.5, 0.6) is 0 Å². The average molecular weight is 271 g/mol. The van der Waals surface area contributed by atoms with Gasteiger partial charge in [-0.2, -0.15) is 8.78 Å². The number of aliphatic hydroxyl groups excluding tert-OH is 1. The first-order chi connectivity index (χ1) is 9.01. The van der Waals surface area contributed by atoms with Gasteiger partial charge in [0.15, 0.2) is 0 Å².